The van der Waals surface area contributed by atoms with Crippen LogP contribution in [-0.4, -0.2) is 37.9 Å². The number of fused-ring (bicyclic) bond motifs is 1. The molecule has 30 heavy (non-hydrogen) atoms. The molecule has 4 rings (SSSR count). The first-order valence-electron chi connectivity index (χ1n) is 9.89. The van der Waals surface area contributed by atoms with E-state index in [0.717, 1.165) is 44.5 Å². The molecular formula is C23H24N4O2S. The summed E-state index contributed by atoms with van der Waals surface area (Å²) in [7, 11) is 1.64. The number of aryl methyl sites for hydroxylation is 1. The van der Waals surface area contributed by atoms with Gasteiger partial charge in [-0.15, -0.1) is 10.2 Å². The molecule has 0 spiro atoms. The fourth-order valence-electron chi connectivity index (χ4n) is 3.62. The maximum atomic E-state index is 13.3. The van der Waals surface area contributed by atoms with Crippen LogP contribution in [0.2, 0.25) is 0 Å². The van der Waals surface area contributed by atoms with Crippen LogP contribution in [-0.2, 0) is 6.54 Å². The lowest BCUT2D eigenvalue weighted by Crippen LogP contribution is -2.15. The standard InChI is InChI=1S/C23H24N4O2S/c1-5-27-22(16-10-12-17(29-4)13-11-16)25-26-23(27)30-15(3)21(28)20-14(2)24-19-9-7-6-8-18(19)20/h6-13,15,24H,5H2,1-4H3. The minimum Gasteiger partial charge on any atom is -0.497 e. The summed E-state index contributed by atoms with van der Waals surface area (Å²) >= 11 is 1.44. The predicted molar refractivity (Wildman–Crippen MR) is 120 cm³/mol. The Morgan fingerprint density at radius 2 is 1.90 bits per heavy atom. The summed E-state index contributed by atoms with van der Waals surface area (Å²) in [5.41, 5.74) is 3.59. The van der Waals surface area contributed by atoms with E-state index in [-0.39, 0.29) is 11.0 Å². The Morgan fingerprint density at radius 3 is 2.60 bits per heavy atom. The van der Waals surface area contributed by atoms with E-state index in [4.69, 9.17) is 4.74 Å². The Kier molecular flexibility index (Phi) is 5.63. The van der Waals surface area contributed by atoms with Gasteiger partial charge >= 0.3 is 0 Å². The molecule has 7 heteroatoms. The van der Waals surface area contributed by atoms with E-state index in [1.807, 2.05) is 66.9 Å². The van der Waals surface area contributed by atoms with Gasteiger partial charge in [-0.2, -0.15) is 0 Å². The third kappa shape index (κ3) is 3.61. The van der Waals surface area contributed by atoms with Crippen molar-refractivity contribution < 1.29 is 9.53 Å². The second-order valence-electron chi connectivity index (χ2n) is 7.07. The predicted octanol–water partition coefficient (Wildman–Crippen LogP) is 5.13. The number of nitrogens with one attached hydrogen (secondary N) is 1. The van der Waals surface area contributed by atoms with E-state index in [0.29, 0.717) is 6.54 Å². The minimum absolute atomic E-state index is 0.0894. The van der Waals surface area contributed by atoms with Crippen LogP contribution >= 0.6 is 11.8 Å². The molecule has 0 aliphatic carbocycles. The molecule has 2 aromatic carbocycles. The van der Waals surface area contributed by atoms with Crippen molar-refractivity contribution in [1.82, 2.24) is 19.7 Å². The molecule has 0 aliphatic heterocycles. The number of rotatable bonds is 7. The summed E-state index contributed by atoms with van der Waals surface area (Å²) in [5.74, 6) is 1.67. The van der Waals surface area contributed by atoms with E-state index in [1.165, 1.54) is 11.8 Å². The summed E-state index contributed by atoms with van der Waals surface area (Å²) in [6.45, 7) is 6.64. The van der Waals surface area contributed by atoms with Crippen molar-refractivity contribution >= 4 is 28.4 Å². The van der Waals surface area contributed by atoms with Crippen molar-refractivity contribution in [2.24, 2.45) is 0 Å². The minimum atomic E-state index is -0.291. The molecule has 2 aromatic heterocycles. The van der Waals surface area contributed by atoms with Gasteiger partial charge in [0.15, 0.2) is 16.8 Å². The zero-order valence-corrected chi connectivity index (χ0v) is 18.3. The zero-order chi connectivity index (χ0) is 21.3. The lowest BCUT2D eigenvalue weighted by Gasteiger charge is -2.12. The number of Topliss-reactive ketones (excluding diaryl/α,β-unsaturated/α-hetero) is 1. The number of benzene rings is 2. The quantitative estimate of drug-likeness (QED) is 0.332. The molecule has 0 amide bonds. The second kappa shape index (κ2) is 8.36. The maximum Gasteiger partial charge on any atom is 0.192 e. The van der Waals surface area contributed by atoms with Crippen LogP contribution in [0.1, 0.15) is 29.9 Å². The van der Waals surface area contributed by atoms with E-state index >= 15 is 0 Å². The Labute approximate surface area is 179 Å². The highest BCUT2D eigenvalue weighted by atomic mass is 32.2. The number of methoxy groups -OCH3 is 1. The SMILES string of the molecule is CCn1c(SC(C)C(=O)c2c(C)[nH]c3ccccc23)nnc1-c1ccc(OC)cc1. The van der Waals surface area contributed by atoms with Gasteiger partial charge in [0.2, 0.25) is 0 Å². The summed E-state index contributed by atoms with van der Waals surface area (Å²) in [5, 5.41) is 10.2. The molecule has 6 nitrogen and oxygen atoms in total. The molecule has 1 atom stereocenters. The Morgan fingerprint density at radius 1 is 1.17 bits per heavy atom. The number of hydrogen-bond acceptors (Lipinski definition) is 5. The van der Waals surface area contributed by atoms with Crippen molar-refractivity contribution in [3.8, 4) is 17.1 Å². The molecule has 0 fully saturated rings. The first-order chi connectivity index (χ1) is 14.5. The number of nitrogens with zero attached hydrogens (tertiary/aromatic N) is 3. The number of carbonyl (C=O) groups is 1. The topological polar surface area (TPSA) is 72.8 Å². The largest absolute Gasteiger partial charge is 0.497 e. The first-order valence-corrected chi connectivity index (χ1v) is 10.8. The third-order valence-electron chi connectivity index (χ3n) is 5.17. The molecule has 0 bridgehead atoms. The van der Waals surface area contributed by atoms with Gasteiger partial charge in [-0.3, -0.25) is 4.79 Å². The monoisotopic (exact) mass is 420 g/mol. The second-order valence-corrected chi connectivity index (χ2v) is 8.38. The van der Waals surface area contributed by atoms with Crippen molar-refractivity contribution in [1.29, 1.82) is 0 Å². The zero-order valence-electron chi connectivity index (χ0n) is 17.5. The number of thioether (sulfide) groups is 1. The van der Waals surface area contributed by atoms with Gasteiger partial charge in [0, 0.05) is 34.3 Å². The third-order valence-corrected chi connectivity index (χ3v) is 6.25. The lowest BCUT2D eigenvalue weighted by molar-refractivity contribution is 0.0995. The van der Waals surface area contributed by atoms with Crippen molar-refractivity contribution in [2.75, 3.05) is 7.11 Å². The number of aromatic amines is 1. The molecule has 0 saturated carbocycles. The first kappa shape index (κ1) is 20.2. The van der Waals surface area contributed by atoms with Gasteiger partial charge in [0.1, 0.15) is 5.75 Å². The number of hydrogen-bond donors (Lipinski definition) is 1. The lowest BCUT2D eigenvalue weighted by atomic mass is 10.1. The number of H-pyrrole nitrogens is 1. The Hall–Kier alpha value is -3.06. The van der Waals surface area contributed by atoms with Crippen molar-refractivity contribution in [3.05, 3.63) is 59.8 Å². The highest BCUT2D eigenvalue weighted by Gasteiger charge is 2.25. The molecule has 0 radical (unpaired) electrons. The molecule has 1 N–H and O–H groups in total. The van der Waals surface area contributed by atoms with Gasteiger partial charge in [-0.25, -0.2) is 0 Å². The summed E-state index contributed by atoms with van der Waals surface area (Å²) in [6, 6.07) is 15.6. The van der Waals surface area contributed by atoms with Crippen LogP contribution in [0.15, 0.2) is 53.7 Å². The molecule has 1 unspecified atom stereocenters. The van der Waals surface area contributed by atoms with Crippen LogP contribution in [0.25, 0.3) is 22.3 Å². The van der Waals surface area contributed by atoms with Gasteiger partial charge in [0.25, 0.3) is 0 Å². The van der Waals surface area contributed by atoms with Crippen LogP contribution in [0.4, 0.5) is 0 Å². The number of ketones is 1. The van der Waals surface area contributed by atoms with Crippen LogP contribution in [0.3, 0.4) is 0 Å². The van der Waals surface area contributed by atoms with Crippen molar-refractivity contribution in [2.45, 2.75) is 37.7 Å². The Balaban J connectivity index is 1.61. The number of para-hydroxylation sites is 1. The van der Waals surface area contributed by atoms with E-state index in [9.17, 15) is 4.79 Å². The summed E-state index contributed by atoms with van der Waals surface area (Å²) < 4.78 is 7.27. The van der Waals surface area contributed by atoms with Crippen LogP contribution in [0.5, 0.6) is 5.75 Å². The highest BCUT2D eigenvalue weighted by molar-refractivity contribution is 8.00. The Bertz CT molecular complexity index is 1190. The van der Waals surface area contributed by atoms with E-state index in [1.54, 1.807) is 7.11 Å². The molecular weight excluding hydrogens is 396 g/mol. The normalized spacial score (nSPS) is 12.3. The van der Waals surface area contributed by atoms with E-state index < -0.39 is 0 Å². The van der Waals surface area contributed by atoms with Crippen molar-refractivity contribution in [3.63, 3.8) is 0 Å². The number of aromatic nitrogens is 4. The van der Waals surface area contributed by atoms with Crippen LogP contribution < -0.4 is 4.74 Å². The maximum absolute atomic E-state index is 13.3. The fraction of sp³-hybridized carbons (Fsp3) is 0.261. The highest BCUT2D eigenvalue weighted by Crippen LogP contribution is 2.31. The molecule has 154 valence electrons. The molecule has 0 saturated heterocycles. The van der Waals surface area contributed by atoms with Gasteiger partial charge in [0.05, 0.1) is 12.4 Å². The summed E-state index contributed by atoms with van der Waals surface area (Å²) in [4.78, 5) is 16.6. The number of ether oxygens (including phenoxy) is 1. The molecule has 0 aliphatic rings. The van der Waals surface area contributed by atoms with Crippen LogP contribution in [0, 0.1) is 6.92 Å². The smallest absolute Gasteiger partial charge is 0.192 e. The summed E-state index contributed by atoms with van der Waals surface area (Å²) in [6.07, 6.45) is 0. The fourth-order valence-corrected chi connectivity index (χ4v) is 4.60. The van der Waals surface area contributed by atoms with Gasteiger partial charge < -0.3 is 14.3 Å². The number of carbonyl (C=O) groups excluding carboxylic acids is 1. The van der Waals surface area contributed by atoms with Gasteiger partial charge in [-0.1, -0.05) is 30.0 Å². The average molecular weight is 421 g/mol. The van der Waals surface area contributed by atoms with E-state index in [2.05, 4.69) is 22.1 Å². The van der Waals surface area contributed by atoms with Gasteiger partial charge in [-0.05, 0) is 51.1 Å². The average Bonchev–Trinajstić information content (AvgIpc) is 3.32. The molecule has 4 aromatic rings. The molecule has 2 heterocycles.